The molecule has 0 atom stereocenters. The fourth-order valence-electron chi connectivity index (χ4n) is 6.10. The number of hydrogen-bond donors (Lipinski definition) is 0. The summed E-state index contributed by atoms with van der Waals surface area (Å²) in [5.41, 5.74) is 2.98. The molecule has 0 N–H and O–H groups in total. The number of hydrogen-bond acceptors (Lipinski definition) is 10. The number of carbonyl (C=O) groups excluding carboxylic acids is 3. The second kappa shape index (κ2) is 17.6. The fourth-order valence-corrected chi connectivity index (χ4v) is 8.17. The molecule has 1 heterocycles. The molecule has 320 valence electrons. The molecule has 0 aliphatic carbocycles. The lowest BCUT2D eigenvalue weighted by atomic mass is 9.95. The van der Waals surface area contributed by atoms with E-state index in [0.717, 1.165) is 11.1 Å². The van der Waals surface area contributed by atoms with Crippen molar-refractivity contribution in [2.24, 2.45) is 0 Å². The second-order valence-electron chi connectivity index (χ2n) is 18.2. The number of rotatable bonds is 13. The van der Waals surface area contributed by atoms with Gasteiger partial charge in [-0.2, -0.15) is 0 Å². The van der Waals surface area contributed by atoms with Crippen molar-refractivity contribution < 1.29 is 46.9 Å². The largest absolute Gasteiger partial charge is 0.544 e. The van der Waals surface area contributed by atoms with Crippen LogP contribution in [0.15, 0.2) is 109 Å². The van der Waals surface area contributed by atoms with Crippen LogP contribution in [-0.4, -0.2) is 41.0 Å². The molecule has 0 radical (unpaired) electrons. The van der Waals surface area contributed by atoms with Gasteiger partial charge in [-0.05, 0) is 82.8 Å². The Balaban J connectivity index is 1.59. The maximum atomic E-state index is 14.1. The lowest BCUT2D eigenvalue weighted by Crippen LogP contribution is -2.43. The SMILES string of the molecule is CC(=O)OC1Oc2c(c(-c3ccc(O[Si](C)(C)C(C)(C)C)cc3)c(OC(=O)Cc3ccccc3)c(OC(=O)Cc3ccccc3)c2-c2ccc(O[Si](C)(C)C(C)(C)C)cc2)O1. The van der Waals surface area contributed by atoms with E-state index in [1.807, 2.05) is 109 Å². The molecule has 6 rings (SSSR count). The van der Waals surface area contributed by atoms with Crippen LogP contribution in [0.25, 0.3) is 22.3 Å². The predicted octanol–water partition coefficient (Wildman–Crippen LogP) is 11.7. The maximum absolute atomic E-state index is 14.1. The molecule has 5 aromatic carbocycles. The van der Waals surface area contributed by atoms with Crippen LogP contribution in [0.3, 0.4) is 0 Å². The molecule has 0 aromatic heterocycles. The van der Waals surface area contributed by atoms with Crippen molar-refractivity contribution >= 4 is 34.5 Å². The standard InChI is InChI=1S/C49H56O10Si2/c1-32(50)53-47-56-45-41(35-22-26-37(27-23-35)58-60(8,9)48(2,3)4)43(54-39(51)30-33-18-14-12-15-19-33)44(55-40(52)31-34-20-16-13-17-21-34)42(46(45)57-47)36-24-28-38(29-25-36)59-61(10,11)49(5,6)7/h12-29,47H,30-31H2,1-11H3. The van der Waals surface area contributed by atoms with E-state index in [0.29, 0.717) is 22.6 Å². The topological polar surface area (TPSA) is 116 Å². The van der Waals surface area contributed by atoms with Gasteiger partial charge in [0.1, 0.15) is 11.5 Å². The Morgan fingerprint density at radius 2 is 0.885 bits per heavy atom. The molecule has 0 unspecified atom stereocenters. The first kappa shape index (κ1) is 44.7. The molecular formula is C49H56O10Si2. The van der Waals surface area contributed by atoms with Gasteiger partial charge in [-0.3, -0.25) is 14.4 Å². The Morgan fingerprint density at radius 3 is 1.20 bits per heavy atom. The van der Waals surface area contributed by atoms with Crippen LogP contribution in [-0.2, 0) is 32.0 Å². The monoisotopic (exact) mass is 860 g/mol. The van der Waals surface area contributed by atoms with Crippen LogP contribution in [0.5, 0.6) is 34.5 Å². The quantitative estimate of drug-likeness (QED) is 0.0643. The summed E-state index contributed by atoms with van der Waals surface area (Å²) in [4.78, 5) is 40.5. The summed E-state index contributed by atoms with van der Waals surface area (Å²) in [6, 6.07) is 33.0. The molecule has 0 amide bonds. The van der Waals surface area contributed by atoms with Gasteiger partial charge in [0.25, 0.3) is 0 Å². The average Bonchev–Trinajstić information content (AvgIpc) is 3.57. The zero-order chi connectivity index (χ0) is 44.3. The Bertz CT molecular complexity index is 2200. The minimum atomic E-state index is -2.21. The highest BCUT2D eigenvalue weighted by atomic mass is 28.4. The smallest absolute Gasteiger partial charge is 0.409 e. The van der Waals surface area contributed by atoms with Crippen LogP contribution in [0.2, 0.25) is 36.3 Å². The van der Waals surface area contributed by atoms with E-state index >= 15 is 0 Å². The van der Waals surface area contributed by atoms with E-state index in [2.05, 4.69) is 67.7 Å². The molecule has 0 spiro atoms. The molecule has 61 heavy (non-hydrogen) atoms. The average molecular weight is 861 g/mol. The van der Waals surface area contributed by atoms with Gasteiger partial charge in [0, 0.05) is 6.92 Å². The van der Waals surface area contributed by atoms with Crippen molar-refractivity contribution in [3.63, 3.8) is 0 Å². The summed E-state index contributed by atoms with van der Waals surface area (Å²) in [6.07, 6.45) is -0.174. The van der Waals surface area contributed by atoms with Crippen molar-refractivity contribution in [1.82, 2.24) is 0 Å². The molecule has 10 nitrogen and oxygen atoms in total. The highest BCUT2D eigenvalue weighted by Gasteiger charge is 2.42. The van der Waals surface area contributed by atoms with Gasteiger partial charge in [-0.1, -0.05) is 126 Å². The highest BCUT2D eigenvalue weighted by Crippen LogP contribution is 2.60. The molecule has 12 heteroatoms. The lowest BCUT2D eigenvalue weighted by Gasteiger charge is -2.36. The number of esters is 3. The summed E-state index contributed by atoms with van der Waals surface area (Å²) in [7, 11) is -4.42. The van der Waals surface area contributed by atoms with Gasteiger partial charge >= 0.3 is 24.4 Å². The minimum Gasteiger partial charge on any atom is -0.544 e. The number of carbonyl (C=O) groups is 3. The van der Waals surface area contributed by atoms with E-state index in [1.54, 1.807) is 0 Å². The number of ether oxygens (including phenoxy) is 5. The van der Waals surface area contributed by atoms with Crippen LogP contribution in [0, 0.1) is 0 Å². The molecular weight excluding hydrogens is 805 g/mol. The van der Waals surface area contributed by atoms with Gasteiger partial charge < -0.3 is 32.5 Å². The third-order valence-electron chi connectivity index (χ3n) is 11.5. The predicted molar refractivity (Wildman–Crippen MR) is 241 cm³/mol. The third kappa shape index (κ3) is 10.5. The van der Waals surface area contributed by atoms with Gasteiger partial charge in [0.05, 0.1) is 24.0 Å². The van der Waals surface area contributed by atoms with E-state index in [1.165, 1.54) is 6.92 Å². The van der Waals surface area contributed by atoms with Gasteiger partial charge in [0.2, 0.25) is 16.6 Å². The van der Waals surface area contributed by atoms with Crippen molar-refractivity contribution in [3.05, 3.63) is 120 Å². The second-order valence-corrected chi connectivity index (χ2v) is 27.7. The molecule has 1 aliphatic heterocycles. The first-order chi connectivity index (χ1) is 28.6. The van der Waals surface area contributed by atoms with Crippen LogP contribution in [0.4, 0.5) is 0 Å². The van der Waals surface area contributed by atoms with Crippen LogP contribution >= 0.6 is 0 Å². The van der Waals surface area contributed by atoms with Gasteiger partial charge in [-0.25, -0.2) is 0 Å². The van der Waals surface area contributed by atoms with Crippen LogP contribution in [0.1, 0.15) is 59.6 Å². The van der Waals surface area contributed by atoms with E-state index in [-0.39, 0.29) is 57.0 Å². The molecule has 0 bridgehead atoms. The first-order valence-electron chi connectivity index (χ1n) is 20.4. The van der Waals surface area contributed by atoms with Crippen molar-refractivity contribution in [1.29, 1.82) is 0 Å². The maximum Gasteiger partial charge on any atom is 0.409 e. The van der Waals surface area contributed by atoms with E-state index in [9.17, 15) is 14.4 Å². The first-order valence-corrected chi connectivity index (χ1v) is 26.3. The fraction of sp³-hybridized carbons (Fsp3) is 0.327. The summed E-state index contributed by atoms with van der Waals surface area (Å²) >= 11 is 0. The summed E-state index contributed by atoms with van der Waals surface area (Å²) in [6.45, 7) is 21.4. The van der Waals surface area contributed by atoms with Crippen LogP contribution < -0.4 is 27.8 Å². The van der Waals surface area contributed by atoms with E-state index < -0.39 is 41.0 Å². The van der Waals surface area contributed by atoms with Crippen molar-refractivity contribution in [2.45, 2.75) is 104 Å². The molecule has 1 aliphatic rings. The Morgan fingerprint density at radius 1 is 0.541 bits per heavy atom. The summed E-state index contributed by atoms with van der Waals surface area (Å²) < 4.78 is 44.0. The Hall–Kier alpha value is -5.86. The Kier molecular flexibility index (Phi) is 12.9. The zero-order valence-corrected chi connectivity index (χ0v) is 39.0. The van der Waals surface area contributed by atoms with Crippen molar-refractivity contribution in [2.75, 3.05) is 0 Å². The summed E-state index contributed by atoms with van der Waals surface area (Å²) in [5.74, 6) is -0.492. The van der Waals surface area contributed by atoms with Gasteiger partial charge in [0.15, 0.2) is 23.0 Å². The minimum absolute atomic E-state index is 0.0487. The van der Waals surface area contributed by atoms with Crippen molar-refractivity contribution in [3.8, 4) is 56.8 Å². The van der Waals surface area contributed by atoms with E-state index in [4.69, 9.17) is 32.5 Å². The normalized spacial score (nSPS) is 13.0. The third-order valence-corrected chi connectivity index (χ3v) is 20.2. The summed E-state index contributed by atoms with van der Waals surface area (Å²) in [5, 5.41) is -0.0973. The number of benzene rings is 5. The number of fused-ring (bicyclic) bond motifs is 1. The molecule has 0 saturated carbocycles. The molecule has 0 saturated heterocycles. The lowest BCUT2D eigenvalue weighted by molar-refractivity contribution is -0.192. The zero-order valence-electron chi connectivity index (χ0n) is 37.0. The molecule has 5 aromatic rings. The Labute approximate surface area is 361 Å². The molecule has 0 fully saturated rings. The van der Waals surface area contributed by atoms with Gasteiger partial charge in [-0.15, -0.1) is 0 Å². The highest BCUT2D eigenvalue weighted by molar-refractivity contribution is 6.75.